The predicted molar refractivity (Wildman–Crippen MR) is 129 cm³/mol. The summed E-state index contributed by atoms with van der Waals surface area (Å²) < 4.78 is 22.9. The van der Waals surface area contributed by atoms with Crippen LogP contribution in [0.1, 0.15) is 60.4 Å². The summed E-state index contributed by atoms with van der Waals surface area (Å²) in [5.74, 6) is 1.57. The third-order valence-corrected chi connectivity index (χ3v) is 7.53. The first-order chi connectivity index (χ1) is 17.6. The topological polar surface area (TPSA) is 115 Å². The summed E-state index contributed by atoms with van der Waals surface area (Å²) in [4.78, 5) is 25.5. The predicted octanol–water partition coefficient (Wildman–Crippen LogP) is 3.11. The number of nitrogens with one attached hydrogen (secondary N) is 2. The molecule has 1 saturated carbocycles. The van der Waals surface area contributed by atoms with Crippen LogP contribution in [0, 0.1) is 0 Å². The van der Waals surface area contributed by atoms with Crippen LogP contribution in [0.3, 0.4) is 0 Å². The Kier molecular flexibility index (Phi) is 6.18. The van der Waals surface area contributed by atoms with Gasteiger partial charge in [0, 0.05) is 28.8 Å². The number of aliphatic hydroxyl groups excluding tert-OH is 1. The van der Waals surface area contributed by atoms with Gasteiger partial charge in [0.1, 0.15) is 18.0 Å². The van der Waals surface area contributed by atoms with Crippen LogP contribution in [0.25, 0.3) is 0 Å². The van der Waals surface area contributed by atoms with Gasteiger partial charge < -0.3 is 34.7 Å². The second-order valence-electron chi connectivity index (χ2n) is 9.93. The van der Waals surface area contributed by atoms with E-state index in [2.05, 4.69) is 10.6 Å². The van der Waals surface area contributed by atoms with E-state index in [1.54, 1.807) is 24.3 Å². The van der Waals surface area contributed by atoms with Crippen LogP contribution >= 0.6 is 0 Å². The lowest BCUT2D eigenvalue weighted by atomic mass is 9.84. The smallest absolute Gasteiger partial charge is 0.255 e. The van der Waals surface area contributed by atoms with Crippen molar-refractivity contribution in [2.45, 2.75) is 68.8 Å². The van der Waals surface area contributed by atoms with Crippen molar-refractivity contribution in [1.29, 1.82) is 0 Å². The Balaban J connectivity index is 1.16. The van der Waals surface area contributed by atoms with Gasteiger partial charge in [-0.25, -0.2) is 0 Å². The molecule has 0 unspecified atom stereocenters. The van der Waals surface area contributed by atoms with Gasteiger partial charge in [-0.3, -0.25) is 9.59 Å². The number of ether oxygens (including phenoxy) is 4. The molecule has 9 nitrogen and oxygen atoms in total. The molecule has 36 heavy (non-hydrogen) atoms. The van der Waals surface area contributed by atoms with Gasteiger partial charge in [0.25, 0.3) is 5.91 Å². The molecule has 1 aliphatic carbocycles. The second kappa shape index (κ2) is 9.63. The molecular formula is C27H30N2O7. The molecule has 9 heteroatoms. The number of hydrogen-bond donors (Lipinski definition) is 3. The van der Waals surface area contributed by atoms with Crippen molar-refractivity contribution < 1.29 is 33.6 Å². The quantitative estimate of drug-likeness (QED) is 0.565. The monoisotopic (exact) mass is 494 g/mol. The molecular weight excluding hydrogens is 464 g/mol. The molecule has 0 bridgehead atoms. The van der Waals surface area contributed by atoms with Crippen LogP contribution in [0.2, 0.25) is 0 Å². The van der Waals surface area contributed by atoms with E-state index in [0.29, 0.717) is 34.9 Å². The molecule has 4 atom stereocenters. The van der Waals surface area contributed by atoms with Crippen molar-refractivity contribution in [3.63, 3.8) is 0 Å². The first-order valence-corrected chi connectivity index (χ1v) is 12.6. The molecule has 0 aromatic heterocycles. The third kappa shape index (κ3) is 4.49. The Bertz CT molecular complexity index is 1160. The Morgan fingerprint density at radius 2 is 1.81 bits per heavy atom. The number of fused-ring (bicyclic) bond motifs is 4. The Morgan fingerprint density at radius 3 is 2.64 bits per heavy atom. The van der Waals surface area contributed by atoms with Gasteiger partial charge in [-0.2, -0.15) is 0 Å². The van der Waals surface area contributed by atoms with Crippen LogP contribution in [-0.4, -0.2) is 54.7 Å². The molecule has 1 saturated heterocycles. The van der Waals surface area contributed by atoms with E-state index >= 15 is 0 Å². The van der Waals surface area contributed by atoms with Gasteiger partial charge in [0.2, 0.25) is 12.7 Å². The number of rotatable bonds is 6. The zero-order chi connectivity index (χ0) is 24.6. The molecule has 0 radical (unpaired) electrons. The lowest BCUT2D eigenvalue weighted by molar-refractivity contribution is -0.142. The van der Waals surface area contributed by atoms with Gasteiger partial charge in [0.15, 0.2) is 11.5 Å². The number of carbonyl (C=O) groups is 2. The maximum atomic E-state index is 12.9. The number of amides is 2. The van der Waals surface area contributed by atoms with Crippen LogP contribution in [0.4, 0.5) is 5.69 Å². The minimum absolute atomic E-state index is 0.00841. The highest BCUT2D eigenvalue weighted by atomic mass is 16.7. The Labute approximate surface area is 209 Å². The number of aliphatic hydroxyl groups is 1. The largest absolute Gasteiger partial charge is 0.487 e. The highest BCUT2D eigenvalue weighted by molar-refractivity contribution is 6.04. The molecule has 6 rings (SSSR count). The molecule has 190 valence electrons. The summed E-state index contributed by atoms with van der Waals surface area (Å²) in [5.41, 5.74) is 2.06. The van der Waals surface area contributed by atoms with Gasteiger partial charge in [0.05, 0.1) is 19.1 Å². The average Bonchev–Trinajstić information content (AvgIpc) is 3.63. The van der Waals surface area contributed by atoms with E-state index < -0.39 is 6.10 Å². The lowest BCUT2D eigenvalue weighted by Gasteiger charge is -2.37. The molecule has 2 fully saturated rings. The summed E-state index contributed by atoms with van der Waals surface area (Å²) in [6, 6.07) is 10.9. The molecule has 2 aromatic carbocycles. The minimum atomic E-state index is -0.521. The molecule has 4 aliphatic rings. The van der Waals surface area contributed by atoms with Crippen molar-refractivity contribution in [3.8, 4) is 17.2 Å². The van der Waals surface area contributed by atoms with Crippen molar-refractivity contribution >= 4 is 17.5 Å². The normalized spacial score (nSPS) is 26.1. The average molecular weight is 495 g/mol. The van der Waals surface area contributed by atoms with E-state index in [-0.39, 0.29) is 55.8 Å². The van der Waals surface area contributed by atoms with Crippen LogP contribution in [0.5, 0.6) is 17.2 Å². The van der Waals surface area contributed by atoms with Crippen LogP contribution in [-0.2, 0) is 9.53 Å². The molecule has 2 aromatic rings. The van der Waals surface area contributed by atoms with Crippen molar-refractivity contribution in [2.75, 3.05) is 18.7 Å². The lowest BCUT2D eigenvalue weighted by Crippen LogP contribution is -2.47. The minimum Gasteiger partial charge on any atom is -0.487 e. The first-order valence-electron chi connectivity index (χ1n) is 12.6. The van der Waals surface area contributed by atoms with Gasteiger partial charge in [-0.15, -0.1) is 0 Å². The Hall–Kier alpha value is -3.30. The number of anilines is 1. The van der Waals surface area contributed by atoms with E-state index in [1.807, 2.05) is 12.1 Å². The standard InChI is InChI=1S/C27H30N2O7/c30-13-24-26-20(11-18(35-24)12-25(31)28-16-3-1-2-4-16)19-10-17(6-8-21(19)36-26)29-27(32)15-5-7-22-23(9-15)34-14-33-22/h5-10,16,18,20,24,26,30H,1-4,11-14H2,(H,28,31)(H,29,32)/t18-,20+,24+,26-/m0/s1. The number of carbonyl (C=O) groups excluding carboxylic acids is 2. The van der Waals surface area contributed by atoms with Gasteiger partial charge >= 0.3 is 0 Å². The molecule has 3 heterocycles. The highest BCUT2D eigenvalue weighted by Gasteiger charge is 2.46. The van der Waals surface area contributed by atoms with Gasteiger partial charge in [-0.1, -0.05) is 12.8 Å². The van der Waals surface area contributed by atoms with Crippen LogP contribution in [0.15, 0.2) is 36.4 Å². The first kappa shape index (κ1) is 23.1. The van der Waals surface area contributed by atoms with Crippen molar-refractivity contribution in [1.82, 2.24) is 5.32 Å². The molecule has 2 amide bonds. The maximum absolute atomic E-state index is 12.9. The summed E-state index contributed by atoms with van der Waals surface area (Å²) >= 11 is 0. The van der Waals surface area contributed by atoms with E-state index in [9.17, 15) is 14.7 Å². The van der Waals surface area contributed by atoms with Gasteiger partial charge in [-0.05, 0) is 55.7 Å². The fourth-order valence-corrected chi connectivity index (χ4v) is 5.77. The number of benzene rings is 2. The highest BCUT2D eigenvalue weighted by Crippen LogP contribution is 2.47. The third-order valence-electron chi connectivity index (χ3n) is 7.53. The summed E-state index contributed by atoms with van der Waals surface area (Å²) in [5, 5.41) is 16.1. The molecule has 3 N–H and O–H groups in total. The zero-order valence-electron chi connectivity index (χ0n) is 19.9. The number of hydrogen-bond acceptors (Lipinski definition) is 7. The summed E-state index contributed by atoms with van der Waals surface area (Å²) in [6.45, 7) is -0.0425. The van der Waals surface area contributed by atoms with E-state index in [0.717, 1.165) is 31.2 Å². The summed E-state index contributed by atoms with van der Waals surface area (Å²) in [7, 11) is 0. The summed E-state index contributed by atoms with van der Waals surface area (Å²) in [6.07, 6.45) is 4.06. The van der Waals surface area contributed by atoms with E-state index in [4.69, 9.17) is 18.9 Å². The maximum Gasteiger partial charge on any atom is 0.255 e. The van der Waals surface area contributed by atoms with E-state index in [1.165, 1.54) is 0 Å². The zero-order valence-corrected chi connectivity index (χ0v) is 19.9. The van der Waals surface area contributed by atoms with Crippen molar-refractivity contribution in [2.24, 2.45) is 0 Å². The van der Waals surface area contributed by atoms with Crippen molar-refractivity contribution in [3.05, 3.63) is 47.5 Å². The Morgan fingerprint density at radius 1 is 1.00 bits per heavy atom. The van der Waals surface area contributed by atoms with Crippen LogP contribution < -0.4 is 24.8 Å². The molecule has 0 spiro atoms. The second-order valence-corrected chi connectivity index (χ2v) is 9.93. The fraction of sp³-hybridized carbons (Fsp3) is 0.481. The molecule has 3 aliphatic heterocycles. The fourth-order valence-electron chi connectivity index (χ4n) is 5.77. The SMILES string of the molecule is O=C(C[C@@H]1C[C@@H]2c3cc(NC(=O)c4ccc5c(c4)OCO5)ccc3O[C@@H]2[C@@H](CO)O1)NC1CCCC1.